The van der Waals surface area contributed by atoms with Crippen molar-refractivity contribution in [3.8, 4) is 5.75 Å². The lowest BCUT2D eigenvalue weighted by atomic mass is 10.2. The van der Waals surface area contributed by atoms with Crippen LogP contribution in [0.25, 0.3) is 0 Å². The van der Waals surface area contributed by atoms with Crippen LogP contribution in [0, 0.1) is 5.92 Å². The highest BCUT2D eigenvalue weighted by Gasteiger charge is 2.19. The number of benzene rings is 1. The summed E-state index contributed by atoms with van der Waals surface area (Å²) in [6.45, 7) is 5.67. The van der Waals surface area contributed by atoms with Gasteiger partial charge in [-0.1, -0.05) is 42.3 Å². The van der Waals surface area contributed by atoms with E-state index in [9.17, 15) is 9.69 Å². The van der Waals surface area contributed by atoms with Gasteiger partial charge in [-0.3, -0.25) is 4.52 Å². The first-order chi connectivity index (χ1) is 9.40. The van der Waals surface area contributed by atoms with Crippen molar-refractivity contribution in [1.29, 1.82) is 0 Å². The summed E-state index contributed by atoms with van der Waals surface area (Å²) in [6.07, 6.45) is 0. The summed E-state index contributed by atoms with van der Waals surface area (Å²) in [5.74, 6) is -0.0223. The number of hydrogen-bond donors (Lipinski definition) is 0. The summed E-state index contributed by atoms with van der Waals surface area (Å²) < 4.78 is 13.8. The molecule has 2 atom stereocenters. The topological polar surface area (TPSA) is 71.0 Å². The highest BCUT2D eigenvalue weighted by atomic mass is 35.5. The predicted molar refractivity (Wildman–Crippen MR) is 76.7 cm³/mol. The first-order valence-corrected chi connectivity index (χ1v) is 7.68. The maximum Gasteiger partial charge on any atom is 0.395 e. The molecule has 0 saturated heterocycles. The molecule has 110 valence electrons. The third-order valence-electron chi connectivity index (χ3n) is 2.18. The van der Waals surface area contributed by atoms with Gasteiger partial charge in [0.1, 0.15) is 0 Å². The average Bonchev–Trinajstić information content (AvgIpc) is 2.38. The minimum absolute atomic E-state index is 0.235. The zero-order valence-electron chi connectivity index (χ0n) is 11.6. The summed E-state index contributed by atoms with van der Waals surface area (Å²) in [4.78, 5) is 23.3. The first kappa shape index (κ1) is 16.9. The Morgan fingerprint density at radius 1 is 1.40 bits per heavy atom. The molecule has 0 fully saturated rings. The molecule has 0 aliphatic rings. The van der Waals surface area contributed by atoms with E-state index in [1.807, 2.05) is 13.8 Å². The molecule has 7 heteroatoms. The molecule has 0 saturated carbocycles. The Hall–Kier alpha value is -1.16. The van der Waals surface area contributed by atoms with Gasteiger partial charge < -0.3 is 9.63 Å². The van der Waals surface area contributed by atoms with Crippen LogP contribution in [0.1, 0.15) is 20.8 Å². The first-order valence-electron chi connectivity index (χ1n) is 6.17. The van der Waals surface area contributed by atoms with Gasteiger partial charge in [-0.05, 0) is 25.0 Å². The van der Waals surface area contributed by atoms with E-state index in [0.29, 0.717) is 11.6 Å². The minimum atomic E-state index is -2.38. The van der Waals surface area contributed by atoms with E-state index in [0.717, 1.165) is 0 Å². The molecule has 5 nitrogen and oxygen atoms in total. The molecular weight excluding hydrogens is 301 g/mol. The molecule has 0 aromatic heterocycles. The van der Waals surface area contributed by atoms with Crippen molar-refractivity contribution in [1.82, 2.24) is 0 Å². The zero-order chi connectivity index (χ0) is 15.1. The second-order valence-electron chi connectivity index (χ2n) is 4.57. The van der Waals surface area contributed by atoms with E-state index < -0.39 is 20.2 Å². The molecule has 1 rings (SSSR count). The van der Waals surface area contributed by atoms with E-state index in [4.69, 9.17) is 20.9 Å². The summed E-state index contributed by atoms with van der Waals surface area (Å²) in [5, 5.41) is 0.334. The average molecular weight is 318 g/mol. The fourth-order valence-corrected chi connectivity index (χ4v) is 2.16. The lowest BCUT2D eigenvalue weighted by Gasteiger charge is -2.08. The number of ether oxygens (including phenoxy) is 1. The monoisotopic (exact) mass is 317 g/mol. The van der Waals surface area contributed by atoms with Gasteiger partial charge in [0.05, 0.1) is 11.6 Å². The quantitative estimate of drug-likeness (QED) is 0.597. The van der Waals surface area contributed by atoms with Gasteiger partial charge in [-0.2, -0.15) is 0 Å². The van der Waals surface area contributed by atoms with Crippen LogP contribution in [-0.2, 0) is 9.53 Å². The van der Waals surface area contributed by atoms with Crippen molar-refractivity contribution >= 4 is 25.7 Å². The fourth-order valence-electron chi connectivity index (χ4n) is 1.18. The molecule has 0 spiro atoms. The highest BCUT2D eigenvalue weighted by Crippen LogP contribution is 2.30. The fraction of sp³-hybridized carbons (Fsp3) is 0.462. The third kappa shape index (κ3) is 5.87. The molecule has 1 aromatic rings. The number of nitrogens with zero attached hydrogens (tertiary/aromatic N) is 1. The number of hydrogen-bond acceptors (Lipinski definition) is 5. The Kier molecular flexibility index (Phi) is 6.93. The molecule has 20 heavy (non-hydrogen) atoms. The zero-order valence-corrected chi connectivity index (χ0v) is 13.2. The number of halogens is 1. The van der Waals surface area contributed by atoms with Crippen molar-refractivity contribution in [2.45, 2.75) is 26.8 Å². The van der Waals surface area contributed by atoms with E-state index >= 15 is 0 Å². The lowest BCUT2D eigenvalue weighted by molar-refractivity contribution is -0.169. The number of esters is 1. The molecule has 0 amide bonds. The van der Waals surface area contributed by atoms with Gasteiger partial charge >= 0.3 is 14.1 Å². The Morgan fingerprint density at radius 3 is 2.65 bits per heavy atom. The molecule has 0 radical (unpaired) electrons. The van der Waals surface area contributed by atoms with Crippen molar-refractivity contribution < 1.29 is 18.9 Å². The molecule has 0 bridgehead atoms. The van der Waals surface area contributed by atoms with Gasteiger partial charge in [-0.25, -0.2) is 4.79 Å². The maximum absolute atomic E-state index is 11.7. The van der Waals surface area contributed by atoms with Gasteiger partial charge in [0, 0.05) is 0 Å². The Labute approximate surface area is 124 Å². The van der Waals surface area contributed by atoms with Gasteiger partial charge in [0.25, 0.3) is 0 Å². The third-order valence-corrected chi connectivity index (χ3v) is 3.38. The Bertz CT molecular complexity index is 493. The summed E-state index contributed by atoms with van der Waals surface area (Å²) in [6, 6.07) is 5.77. The van der Waals surface area contributed by atoms with Crippen LogP contribution in [-0.4, -0.2) is 18.6 Å². The predicted octanol–water partition coefficient (Wildman–Crippen LogP) is 3.16. The number of carbonyl (C=O) groups is 1. The van der Waals surface area contributed by atoms with Crippen LogP contribution < -0.4 is 9.42 Å². The van der Waals surface area contributed by atoms with Crippen LogP contribution in [0.2, 0.25) is 5.02 Å². The SMILES string of the molecule is CC(C)COC(=O)[C@H](C)N=[P+]([O-])Oc1ccccc1Cl. The minimum Gasteiger partial charge on any atom is -0.575 e. The van der Waals surface area contributed by atoms with Crippen LogP contribution in [0.15, 0.2) is 29.0 Å². The normalized spacial score (nSPS) is 13.2. The van der Waals surface area contributed by atoms with Crippen LogP contribution in [0.5, 0.6) is 5.75 Å². The van der Waals surface area contributed by atoms with Crippen molar-refractivity contribution in [3.05, 3.63) is 29.3 Å². The molecular formula is C13H17ClNO4P. The molecule has 0 aliphatic carbocycles. The van der Waals surface area contributed by atoms with E-state index in [1.165, 1.54) is 6.92 Å². The number of para-hydroxylation sites is 1. The molecule has 0 aliphatic heterocycles. The van der Waals surface area contributed by atoms with Crippen molar-refractivity contribution in [2.75, 3.05) is 6.61 Å². The molecule has 0 heterocycles. The lowest BCUT2D eigenvalue weighted by Crippen LogP contribution is -2.20. The maximum atomic E-state index is 11.7. The van der Waals surface area contributed by atoms with Crippen LogP contribution in [0.4, 0.5) is 0 Å². The summed E-state index contributed by atoms with van der Waals surface area (Å²) in [5.41, 5.74) is 0. The largest absolute Gasteiger partial charge is 0.575 e. The summed E-state index contributed by atoms with van der Waals surface area (Å²) >= 11 is 5.87. The van der Waals surface area contributed by atoms with Crippen molar-refractivity contribution in [3.63, 3.8) is 0 Å². The van der Waals surface area contributed by atoms with Crippen LogP contribution in [0.3, 0.4) is 0 Å². The van der Waals surface area contributed by atoms with Gasteiger partial charge in [-0.15, -0.1) is 0 Å². The van der Waals surface area contributed by atoms with E-state index in [-0.39, 0.29) is 11.7 Å². The second kappa shape index (κ2) is 8.20. The number of rotatable bonds is 6. The van der Waals surface area contributed by atoms with Crippen molar-refractivity contribution in [2.24, 2.45) is 10.7 Å². The summed E-state index contributed by atoms with van der Waals surface area (Å²) in [7, 11) is -2.38. The standard InChI is InChI=1S/C13H17ClNO4P/c1-9(2)8-18-13(16)10(3)15-20(17)19-12-7-5-4-6-11(12)14/h4-7,9-10H,8H2,1-3H3/t10-/m0/s1. The van der Waals surface area contributed by atoms with E-state index in [1.54, 1.807) is 24.3 Å². The smallest absolute Gasteiger partial charge is 0.395 e. The van der Waals surface area contributed by atoms with Gasteiger partial charge in [0.2, 0.25) is 5.75 Å². The molecule has 0 N–H and O–H groups in total. The molecule has 1 unspecified atom stereocenters. The second-order valence-corrected chi connectivity index (χ2v) is 5.87. The van der Waals surface area contributed by atoms with E-state index in [2.05, 4.69) is 4.74 Å². The van der Waals surface area contributed by atoms with Crippen LogP contribution >= 0.6 is 19.8 Å². The Balaban J connectivity index is 2.60. The Morgan fingerprint density at radius 2 is 2.05 bits per heavy atom. The molecule has 1 aromatic carbocycles. The van der Waals surface area contributed by atoms with Gasteiger partial charge in [0.15, 0.2) is 6.04 Å². The highest BCUT2D eigenvalue weighted by molar-refractivity contribution is 7.34. The number of carbonyl (C=O) groups excluding carboxylic acids is 1.